The number of amides is 1. The lowest BCUT2D eigenvalue weighted by atomic mass is 9.90. The molecule has 0 saturated heterocycles. The Hall–Kier alpha value is -3.25. The molecule has 0 spiro atoms. The van der Waals surface area contributed by atoms with Gasteiger partial charge in [0, 0.05) is 24.2 Å². The molecule has 0 bridgehead atoms. The maximum Gasteiger partial charge on any atom is 0.254 e. The summed E-state index contributed by atoms with van der Waals surface area (Å²) in [6, 6.07) is 14.1. The number of likely N-dealkylation sites (N-methyl/N-ethyl adjacent to an activating group) is 1. The van der Waals surface area contributed by atoms with Crippen LogP contribution in [0.1, 0.15) is 55.7 Å². The average molecular weight is 489 g/mol. The summed E-state index contributed by atoms with van der Waals surface area (Å²) >= 11 is 1.61. The second-order valence-corrected chi connectivity index (χ2v) is 10.1. The van der Waals surface area contributed by atoms with Gasteiger partial charge in [-0.3, -0.25) is 9.59 Å². The number of aryl methyl sites for hydroxylation is 1. The van der Waals surface area contributed by atoms with Crippen molar-refractivity contribution < 1.29 is 14.3 Å². The molecule has 0 atom stereocenters. The van der Waals surface area contributed by atoms with Crippen LogP contribution in [0.15, 0.2) is 60.2 Å². The van der Waals surface area contributed by atoms with E-state index in [0.29, 0.717) is 23.5 Å². The highest BCUT2D eigenvalue weighted by molar-refractivity contribution is 7.18. The molecule has 1 aromatic heterocycles. The number of nitrogens with zero attached hydrogens (tertiary/aromatic N) is 2. The minimum atomic E-state index is -0.0654. The number of para-hydroxylation sites is 1. The van der Waals surface area contributed by atoms with Crippen molar-refractivity contribution in [1.29, 1.82) is 0 Å². The Bertz CT molecular complexity index is 1270. The molecule has 2 aromatic carbocycles. The first-order chi connectivity index (χ1) is 16.9. The molecule has 0 unspecified atom stereocenters. The fourth-order valence-electron chi connectivity index (χ4n) is 4.17. The first-order valence-corrected chi connectivity index (χ1v) is 13.0. The molecule has 1 amide bonds. The summed E-state index contributed by atoms with van der Waals surface area (Å²) in [7, 11) is 1.86. The Labute approximate surface area is 211 Å². The molecule has 1 heterocycles. The summed E-state index contributed by atoms with van der Waals surface area (Å²) in [5.41, 5.74) is 3.79. The Morgan fingerprint density at radius 2 is 1.97 bits per heavy atom. The largest absolute Gasteiger partial charge is 0.486 e. The molecule has 4 rings (SSSR count). The second kappa shape index (κ2) is 11.0. The molecule has 182 valence electrons. The zero-order valence-corrected chi connectivity index (χ0v) is 21.7. The van der Waals surface area contributed by atoms with Crippen LogP contribution in [0.5, 0.6) is 5.75 Å². The SMILES string of the molecule is CC/C=C(/C=C(/C(=O)N(C)C1CCC1)c1cc(OCc2nc3ccccc3s2)ccc1C)C(C)=O. The highest BCUT2D eigenvalue weighted by Crippen LogP contribution is 2.31. The van der Waals surface area contributed by atoms with Crippen LogP contribution in [-0.4, -0.2) is 34.7 Å². The van der Waals surface area contributed by atoms with E-state index in [9.17, 15) is 9.59 Å². The normalized spacial score (nSPS) is 14.6. The number of hydrogen-bond acceptors (Lipinski definition) is 5. The van der Waals surface area contributed by atoms with Crippen LogP contribution in [0.2, 0.25) is 0 Å². The van der Waals surface area contributed by atoms with E-state index in [1.807, 2.05) is 68.3 Å². The van der Waals surface area contributed by atoms with Gasteiger partial charge in [0.1, 0.15) is 17.4 Å². The standard InChI is InChI=1S/C29H32N2O3S/c1-5-9-21(20(3)32)16-25(29(33)31(4)22-10-8-11-22)24-17-23(15-14-19(24)2)34-18-28-30-26-12-6-7-13-27(26)35-28/h6-7,9,12-17,22H,5,8,10-11,18H2,1-4H3/b21-9-,25-16+. The Morgan fingerprint density at radius 3 is 2.63 bits per heavy atom. The molecule has 6 heteroatoms. The molecule has 0 radical (unpaired) electrons. The van der Waals surface area contributed by atoms with Gasteiger partial charge in [-0.25, -0.2) is 4.98 Å². The monoisotopic (exact) mass is 488 g/mol. The van der Waals surface area contributed by atoms with Gasteiger partial charge in [0.05, 0.1) is 10.2 Å². The summed E-state index contributed by atoms with van der Waals surface area (Å²) in [6.45, 7) is 5.86. The maximum absolute atomic E-state index is 13.7. The van der Waals surface area contributed by atoms with Crippen LogP contribution in [0.4, 0.5) is 0 Å². The highest BCUT2D eigenvalue weighted by Gasteiger charge is 2.29. The minimum Gasteiger partial charge on any atom is -0.486 e. The van der Waals surface area contributed by atoms with Crippen molar-refractivity contribution in [3.05, 3.63) is 76.3 Å². The smallest absolute Gasteiger partial charge is 0.254 e. The number of aromatic nitrogens is 1. The lowest BCUT2D eigenvalue weighted by molar-refractivity contribution is -0.127. The summed E-state index contributed by atoms with van der Waals surface area (Å²) in [4.78, 5) is 32.4. The van der Waals surface area contributed by atoms with Crippen molar-refractivity contribution >= 4 is 38.8 Å². The molecule has 0 aliphatic heterocycles. The number of hydrogen-bond donors (Lipinski definition) is 0. The Morgan fingerprint density at radius 1 is 1.20 bits per heavy atom. The van der Waals surface area contributed by atoms with E-state index in [1.165, 1.54) is 0 Å². The van der Waals surface area contributed by atoms with Gasteiger partial charge in [-0.15, -0.1) is 11.3 Å². The van der Waals surface area contributed by atoms with E-state index < -0.39 is 0 Å². The second-order valence-electron chi connectivity index (χ2n) is 9.02. The zero-order valence-electron chi connectivity index (χ0n) is 20.8. The molecule has 3 aromatic rings. The van der Waals surface area contributed by atoms with Crippen molar-refractivity contribution in [1.82, 2.24) is 9.88 Å². The highest BCUT2D eigenvalue weighted by atomic mass is 32.1. The van der Waals surface area contributed by atoms with Gasteiger partial charge < -0.3 is 9.64 Å². The van der Waals surface area contributed by atoms with Crippen molar-refractivity contribution in [2.45, 2.75) is 59.1 Å². The molecular weight excluding hydrogens is 456 g/mol. The fourth-order valence-corrected chi connectivity index (χ4v) is 5.05. The quantitative estimate of drug-likeness (QED) is 0.255. The van der Waals surface area contributed by atoms with Crippen LogP contribution in [0.3, 0.4) is 0 Å². The van der Waals surface area contributed by atoms with Crippen LogP contribution in [-0.2, 0) is 16.2 Å². The Kier molecular flexibility index (Phi) is 7.81. The number of benzene rings is 2. The lowest BCUT2D eigenvalue weighted by Crippen LogP contribution is -2.41. The van der Waals surface area contributed by atoms with Crippen molar-refractivity contribution in [2.75, 3.05) is 7.05 Å². The molecular formula is C29H32N2O3S. The number of ketones is 1. The number of ether oxygens (including phenoxy) is 1. The average Bonchev–Trinajstić information content (AvgIpc) is 3.23. The van der Waals surface area contributed by atoms with Gasteiger partial charge in [0.15, 0.2) is 5.78 Å². The summed E-state index contributed by atoms with van der Waals surface area (Å²) < 4.78 is 7.23. The van der Waals surface area contributed by atoms with Crippen LogP contribution in [0, 0.1) is 6.92 Å². The number of Topliss-reactive ketones (excluding diaryl/α,β-unsaturated/α-hetero) is 1. The zero-order chi connectivity index (χ0) is 24.9. The van der Waals surface area contributed by atoms with E-state index in [-0.39, 0.29) is 17.7 Å². The maximum atomic E-state index is 13.7. The van der Waals surface area contributed by atoms with Gasteiger partial charge >= 0.3 is 0 Å². The molecule has 1 fully saturated rings. The molecule has 1 aliphatic carbocycles. The number of rotatable bonds is 9. The van der Waals surface area contributed by atoms with Gasteiger partial charge in [0.2, 0.25) is 0 Å². The Balaban J connectivity index is 1.66. The minimum absolute atomic E-state index is 0.0515. The van der Waals surface area contributed by atoms with Crippen molar-refractivity contribution in [3.63, 3.8) is 0 Å². The van der Waals surface area contributed by atoms with E-state index in [0.717, 1.165) is 52.0 Å². The number of carbonyl (C=O) groups excluding carboxylic acids is 2. The van der Waals surface area contributed by atoms with E-state index in [1.54, 1.807) is 24.3 Å². The molecule has 0 N–H and O–H groups in total. The molecule has 5 nitrogen and oxygen atoms in total. The first kappa shape index (κ1) is 24.9. The van der Waals surface area contributed by atoms with Crippen LogP contribution >= 0.6 is 11.3 Å². The number of allylic oxidation sites excluding steroid dienone is 3. The third kappa shape index (κ3) is 5.70. The number of fused-ring (bicyclic) bond motifs is 1. The lowest BCUT2D eigenvalue weighted by Gasteiger charge is -2.35. The van der Waals surface area contributed by atoms with E-state index >= 15 is 0 Å². The van der Waals surface area contributed by atoms with Gasteiger partial charge in [-0.2, -0.15) is 0 Å². The first-order valence-electron chi connectivity index (χ1n) is 12.2. The van der Waals surface area contributed by atoms with Crippen LogP contribution in [0.25, 0.3) is 15.8 Å². The molecule has 1 saturated carbocycles. The molecule has 35 heavy (non-hydrogen) atoms. The van der Waals surface area contributed by atoms with Crippen molar-refractivity contribution in [3.8, 4) is 5.75 Å². The third-order valence-corrected chi connectivity index (χ3v) is 7.51. The molecule has 1 aliphatic rings. The van der Waals surface area contributed by atoms with Gasteiger partial charge in [-0.1, -0.05) is 31.2 Å². The van der Waals surface area contributed by atoms with E-state index in [4.69, 9.17) is 4.74 Å². The van der Waals surface area contributed by atoms with Gasteiger partial charge in [0.25, 0.3) is 5.91 Å². The summed E-state index contributed by atoms with van der Waals surface area (Å²) in [5.74, 6) is 0.549. The topological polar surface area (TPSA) is 59.5 Å². The number of carbonyl (C=O) groups is 2. The predicted octanol–water partition coefficient (Wildman–Crippen LogP) is 6.50. The fraction of sp³-hybridized carbons (Fsp3) is 0.345. The van der Waals surface area contributed by atoms with Crippen LogP contribution < -0.4 is 4.74 Å². The predicted molar refractivity (Wildman–Crippen MR) is 143 cm³/mol. The van der Waals surface area contributed by atoms with Gasteiger partial charge in [-0.05, 0) is 81.0 Å². The number of thiazole rings is 1. The van der Waals surface area contributed by atoms with E-state index in [2.05, 4.69) is 11.1 Å². The van der Waals surface area contributed by atoms with Crippen molar-refractivity contribution in [2.24, 2.45) is 0 Å². The third-order valence-electron chi connectivity index (χ3n) is 6.50. The summed E-state index contributed by atoms with van der Waals surface area (Å²) in [6.07, 6.45) is 7.53. The summed E-state index contributed by atoms with van der Waals surface area (Å²) in [5, 5.41) is 0.898.